The summed E-state index contributed by atoms with van der Waals surface area (Å²) in [5, 5.41) is 5.32. The Labute approximate surface area is 663 Å². The predicted molar refractivity (Wildman–Crippen MR) is 452 cm³/mol. The standard InChI is InChI=1S/C12H11N.2C11H10N2.C11H10O.C11H10S.2C10H9NO.2C10H9NS/c1-2-6-11(7-3-1)10-12-8-4-5-9-13-12;1-2-5-10(6-3-1)9-11-12-7-4-8-13-11;1-2-4-10(5-3-1)8-11-9-12-6-7-13-11;2*1-2-5-10(6-3-1)9-11-7-4-8-12-11;1-2-4-9(5-3-1)6-10-7-11-8-12-10;1-2-4-9(5-3-1)8-10-11-6-7-12-10;1-2-4-9(5-3-1)6-10-7-11-8-12-10;1-2-4-9(5-3-1)8-10-11-6-7-12-10/h1-9H,10H2;1-8H,9H2;1-7,9H,8H2;2*1-8H,9H2;1-5,7-8H,6H2;1-7H,8H2;1-5,7-8H,6H2;1-7H,8H2. The number of thiazole rings is 2. The third kappa shape index (κ3) is 33.7. The van der Waals surface area contributed by atoms with E-state index in [1.54, 1.807) is 78.6 Å². The van der Waals surface area contributed by atoms with E-state index >= 15 is 0 Å². The number of hydrogen-bond acceptors (Lipinski definition) is 15. The third-order valence-corrected chi connectivity index (χ3v) is 18.4. The summed E-state index contributed by atoms with van der Waals surface area (Å²) in [7, 11) is 0. The smallest absolute Gasteiger partial charge is 0.198 e. The normalized spacial score (nSPS) is 9.95. The molecule has 9 aromatic heterocycles. The minimum Gasteiger partial charge on any atom is -0.469 e. The van der Waals surface area contributed by atoms with Gasteiger partial charge in [-0.3, -0.25) is 19.9 Å². The molecule has 0 bridgehead atoms. The van der Waals surface area contributed by atoms with Crippen LogP contribution in [0.1, 0.15) is 99.5 Å². The van der Waals surface area contributed by atoms with Gasteiger partial charge in [0.1, 0.15) is 23.6 Å². The lowest BCUT2D eigenvalue weighted by Crippen LogP contribution is -1.93. The Morgan fingerprint density at radius 3 is 1.14 bits per heavy atom. The van der Waals surface area contributed by atoms with Gasteiger partial charge in [0.2, 0.25) is 0 Å². The highest BCUT2D eigenvalue weighted by atomic mass is 32.1. The molecule has 0 amide bonds. The van der Waals surface area contributed by atoms with Gasteiger partial charge in [-0.1, -0.05) is 285 Å². The van der Waals surface area contributed by atoms with Crippen LogP contribution in [-0.4, -0.2) is 44.9 Å². The molecule has 0 atom stereocenters. The average molecular weight is 1510 g/mol. The Morgan fingerprint density at radius 2 is 0.712 bits per heavy atom. The zero-order valence-corrected chi connectivity index (χ0v) is 64.1. The first-order valence-electron chi connectivity index (χ1n) is 36.4. The highest BCUT2D eigenvalue weighted by Gasteiger charge is 2.03. The van der Waals surface area contributed by atoms with Crippen LogP contribution in [-0.2, 0) is 57.8 Å². The van der Waals surface area contributed by atoms with Crippen molar-refractivity contribution in [2.45, 2.75) is 57.8 Å². The summed E-state index contributed by atoms with van der Waals surface area (Å²) in [4.78, 5) is 39.7. The molecule has 0 aliphatic carbocycles. The lowest BCUT2D eigenvalue weighted by molar-refractivity contribution is 0.507. The number of nitrogens with zero attached hydrogens (tertiary/aromatic N) is 9. The van der Waals surface area contributed by atoms with Gasteiger partial charge in [-0.05, 0) is 91.8 Å². The molecule has 0 fully saturated rings. The van der Waals surface area contributed by atoms with Crippen LogP contribution in [0.25, 0.3) is 0 Å². The maximum absolute atomic E-state index is 5.24. The van der Waals surface area contributed by atoms with Crippen molar-refractivity contribution < 1.29 is 13.3 Å². The second-order valence-corrected chi connectivity index (χ2v) is 27.6. The molecule has 12 nitrogen and oxygen atoms in total. The largest absolute Gasteiger partial charge is 0.469 e. The molecule has 9 heterocycles. The molecule has 0 N–H and O–H groups in total. The number of rotatable bonds is 18. The monoisotopic (exact) mass is 1510 g/mol. The van der Waals surface area contributed by atoms with Gasteiger partial charge >= 0.3 is 0 Å². The minimum absolute atomic E-state index is 0.765. The fraction of sp³-hybridized carbons (Fsp3) is 0.0938. The molecule has 0 saturated carbocycles. The first kappa shape index (κ1) is 80.5. The van der Waals surface area contributed by atoms with Gasteiger partial charge in [0.25, 0.3) is 0 Å². The molecule has 552 valence electrons. The molecule has 111 heavy (non-hydrogen) atoms. The number of benzene rings is 9. The zero-order valence-electron chi connectivity index (χ0n) is 61.7. The summed E-state index contributed by atoms with van der Waals surface area (Å²) in [6.45, 7) is 0. The topological polar surface area (TPSA) is 155 Å². The van der Waals surface area contributed by atoms with E-state index in [9.17, 15) is 0 Å². The van der Waals surface area contributed by atoms with Gasteiger partial charge in [0.05, 0.1) is 34.9 Å². The van der Waals surface area contributed by atoms with Gasteiger partial charge < -0.3 is 13.3 Å². The molecule has 0 spiro atoms. The number of thiophene rings is 1. The van der Waals surface area contributed by atoms with Crippen LogP contribution in [0.15, 0.2) is 432 Å². The Morgan fingerprint density at radius 1 is 0.234 bits per heavy atom. The molecule has 0 radical (unpaired) electrons. The molecule has 18 rings (SSSR count). The van der Waals surface area contributed by atoms with Gasteiger partial charge in [-0.2, -0.15) is 0 Å². The second kappa shape index (κ2) is 49.7. The zero-order chi connectivity index (χ0) is 76.2. The Kier molecular flexibility index (Phi) is 36.1. The van der Waals surface area contributed by atoms with Crippen molar-refractivity contribution in [2.75, 3.05) is 0 Å². The summed E-state index contributed by atoms with van der Waals surface area (Å²) in [6, 6.07) is 109. The van der Waals surface area contributed by atoms with E-state index in [4.69, 9.17) is 13.3 Å². The summed E-state index contributed by atoms with van der Waals surface area (Å²) in [5.41, 5.74) is 15.6. The van der Waals surface area contributed by atoms with Crippen molar-refractivity contribution >= 4 is 34.0 Å². The Hall–Kier alpha value is -13.1. The van der Waals surface area contributed by atoms with E-state index in [1.165, 1.54) is 71.2 Å². The summed E-state index contributed by atoms with van der Waals surface area (Å²) < 4.78 is 15.5. The first-order chi connectivity index (χ1) is 55.0. The van der Waals surface area contributed by atoms with E-state index in [1.807, 2.05) is 186 Å². The lowest BCUT2D eigenvalue weighted by atomic mass is 10.1. The molecule has 0 saturated heterocycles. The van der Waals surface area contributed by atoms with Crippen LogP contribution < -0.4 is 0 Å². The van der Waals surface area contributed by atoms with E-state index in [0.717, 1.165) is 92.4 Å². The maximum Gasteiger partial charge on any atom is 0.198 e. The molecular formula is C96H87N9O3S3. The summed E-state index contributed by atoms with van der Waals surface area (Å²) in [5.74, 6) is 3.55. The van der Waals surface area contributed by atoms with Crippen molar-refractivity contribution in [1.29, 1.82) is 0 Å². The van der Waals surface area contributed by atoms with Crippen LogP contribution >= 0.6 is 34.0 Å². The number of hydrogen-bond donors (Lipinski definition) is 0. The minimum atomic E-state index is 0.765. The van der Waals surface area contributed by atoms with Gasteiger partial charge in [0, 0.05) is 128 Å². The Bertz CT molecular complexity index is 4270. The maximum atomic E-state index is 5.24. The van der Waals surface area contributed by atoms with E-state index in [-0.39, 0.29) is 0 Å². The van der Waals surface area contributed by atoms with Crippen LogP contribution in [0, 0.1) is 0 Å². The highest BCUT2D eigenvalue weighted by Crippen LogP contribution is 2.17. The van der Waals surface area contributed by atoms with Crippen molar-refractivity contribution in [3.8, 4) is 0 Å². The van der Waals surface area contributed by atoms with Gasteiger partial charge in [-0.15, -0.1) is 34.0 Å². The predicted octanol–water partition coefficient (Wildman–Crippen LogP) is 23.0. The molecule has 18 aromatic rings. The van der Waals surface area contributed by atoms with Crippen molar-refractivity contribution in [2.24, 2.45) is 0 Å². The Balaban J connectivity index is 0.000000133. The van der Waals surface area contributed by atoms with Gasteiger partial charge in [-0.25, -0.2) is 24.9 Å². The molecule has 15 heteroatoms. The van der Waals surface area contributed by atoms with E-state index in [0.29, 0.717) is 0 Å². The number of oxazole rings is 2. The molecule has 0 unspecified atom stereocenters. The van der Waals surface area contributed by atoms with Crippen molar-refractivity contribution in [3.05, 3.63) is 518 Å². The quantitative estimate of drug-likeness (QED) is 0.0803. The van der Waals surface area contributed by atoms with Crippen molar-refractivity contribution in [3.63, 3.8) is 0 Å². The van der Waals surface area contributed by atoms with E-state index in [2.05, 4.69) is 226 Å². The number of pyridine rings is 1. The average Bonchev–Trinajstić information content (AvgIpc) is 1.23. The lowest BCUT2D eigenvalue weighted by Gasteiger charge is -1.99. The van der Waals surface area contributed by atoms with Crippen LogP contribution in [0.2, 0.25) is 0 Å². The summed E-state index contributed by atoms with van der Waals surface area (Å²) >= 11 is 5.23. The first-order valence-corrected chi connectivity index (χ1v) is 39.0. The molecular weight excluding hydrogens is 1420 g/mol. The van der Waals surface area contributed by atoms with Crippen LogP contribution in [0.4, 0.5) is 0 Å². The molecule has 0 aliphatic heterocycles. The highest BCUT2D eigenvalue weighted by molar-refractivity contribution is 7.10. The van der Waals surface area contributed by atoms with Gasteiger partial charge in [0.15, 0.2) is 12.3 Å². The SMILES string of the molecule is c1ccc(Cc2ccccn2)cc1.c1ccc(Cc2ccco2)cc1.c1ccc(Cc2cccs2)cc1.c1ccc(Cc2cnccn2)cc1.c1ccc(Cc2cnco2)cc1.c1ccc(Cc2cncs2)cc1.c1ccc(Cc2ncccn2)cc1.c1ccc(Cc2ncco2)cc1.c1ccc(Cc2nccs2)cc1. The fourth-order valence-electron chi connectivity index (χ4n) is 10.6. The van der Waals surface area contributed by atoms with Crippen LogP contribution in [0.3, 0.4) is 0 Å². The molecule has 0 aliphatic rings. The number of furan rings is 1. The third-order valence-electron chi connectivity index (χ3n) is 16.0. The fourth-order valence-corrected chi connectivity index (χ4v) is 12.6. The molecule has 9 aromatic carbocycles. The second-order valence-electron chi connectivity index (χ2n) is 24.6. The van der Waals surface area contributed by atoms with Crippen LogP contribution in [0.5, 0.6) is 0 Å². The number of aromatic nitrogens is 9. The van der Waals surface area contributed by atoms with E-state index < -0.39 is 0 Å². The van der Waals surface area contributed by atoms with Crippen molar-refractivity contribution in [1.82, 2.24) is 44.9 Å². The summed E-state index contributed by atoms with van der Waals surface area (Å²) in [6.07, 6.45) is 30.6.